The lowest BCUT2D eigenvalue weighted by molar-refractivity contribution is -0.136. The number of aromatic nitrogens is 1. The highest BCUT2D eigenvalue weighted by molar-refractivity contribution is 7.09. The molecule has 2 bridgehead atoms. The summed E-state index contributed by atoms with van der Waals surface area (Å²) in [5.41, 5.74) is 3.23. The van der Waals surface area contributed by atoms with Gasteiger partial charge in [-0.15, -0.1) is 11.3 Å². The number of fused-ring (bicyclic) bond motifs is 2. The van der Waals surface area contributed by atoms with E-state index in [0.29, 0.717) is 31.1 Å². The van der Waals surface area contributed by atoms with Gasteiger partial charge in [0.1, 0.15) is 28.8 Å². The first-order valence-corrected chi connectivity index (χ1v) is 17.4. The van der Waals surface area contributed by atoms with Crippen molar-refractivity contribution in [1.82, 2.24) is 36.1 Å². The Labute approximate surface area is 292 Å². The molecule has 12 nitrogen and oxygen atoms in total. The van der Waals surface area contributed by atoms with Gasteiger partial charge in [-0.25, -0.2) is 4.98 Å². The largest absolute Gasteiger partial charge is 0.345 e. The summed E-state index contributed by atoms with van der Waals surface area (Å²) in [6.07, 6.45) is 0.449. The van der Waals surface area contributed by atoms with Crippen LogP contribution in [-0.2, 0) is 32.1 Å². The lowest BCUT2D eigenvalue weighted by Crippen LogP contribution is -2.57. The van der Waals surface area contributed by atoms with Crippen LogP contribution in [0.4, 0.5) is 0 Å². The van der Waals surface area contributed by atoms with E-state index in [1.165, 1.54) is 23.2 Å². The molecule has 0 unspecified atom stereocenters. The third-order valence-electron chi connectivity index (χ3n) is 8.37. The van der Waals surface area contributed by atoms with Crippen LogP contribution in [0, 0.1) is 12.8 Å². The van der Waals surface area contributed by atoms with E-state index in [2.05, 4.69) is 32.3 Å². The van der Waals surface area contributed by atoms with E-state index in [-0.39, 0.29) is 30.0 Å². The zero-order chi connectivity index (χ0) is 35.7. The summed E-state index contributed by atoms with van der Waals surface area (Å²) in [6.45, 7) is 9.92. The Balaban J connectivity index is 1.66. The Morgan fingerprint density at radius 1 is 0.857 bits per heavy atom. The second kappa shape index (κ2) is 17.2. The average Bonchev–Trinajstić information content (AvgIpc) is 3.56. The fourth-order valence-corrected chi connectivity index (χ4v) is 6.42. The minimum atomic E-state index is -0.981. The SMILES string of the molecule is Cc1cccc(CN2CCN(C)C(=O)[C@@H](C)NC(=O)[C@H](C(C)C)NC(=O)[C@H](C)NC(=O)c3csc(n3)[C@H](Cc3ccccc3)NC(=O)C2)c1. The van der Waals surface area contributed by atoms with E-state index < -0.39 is 41.9 Å². The Kier molecular flexibility index (Phi) is 13.0. The van der Waals surface area contributed by atoms with Crippen LogP contribution in [0.25, 0.3) is 0 Å². The summed E-state index contributed by atoms with van der Waals surface area (Å²) in [4.78, 5) is 74.8. The van der Waals surface area contributed by atoms with Crippen molar-refractivity contribution in [2.45, 2.75) is 71.8 Å². The number of benzene rings is 2. The molecule has 49 heavy (non-hydrogen) atoms. The van der Waals surface area contributed by atoms with Crippen LogP contribution in [0.1, 0.15) is 65.9 Å². The van der Waals surface area contributed by atoms with Crippen molar-refractivity contribution in [3.63, 3.8) is 0 Å². The average molecular weight is 690 g/mol. The van der Waals surface area contributed by atoms with E-state index >= 15 is 0 Å². The summed E-state index contributed by atoms with van der Waals surface area (Å²) < 4.78 is 0. The molecule has 4 rings (SSSR count). The second-order valence-corrected chi connectivity index (χ2v) is 13.9. The molecule has 2 aromatic carbocycles. The number of likely N-dealkylation sites (N-methyl/N-ethyl adjacent to an activating group) is 1. The van der Waals surface area contributed by atoms with Crippen molar-refractivity contribution in [2.24, 2.45) is 5.92 Å². The molecule has 1 aromatic heterocycles. The molecule has 13 heteroatoms. The van der Waals surface area contributed by atoms with Gasteiger partial charge in [0.05, 0.1) is 12.6 Å². The van der Waals surface area contributed by atoms with Crippen molar-refractivity contribution in [2.75, 3.05) is 26.7 Å². The maximum atomic E-state index is 13.7. The molecular formula is C36H47N7O5S. The maximum Gasteiger partial charge on any atom is 0.271 e. The van der Waals surface area contributed by atoms with Gasteiger partial charge in [0.2, 0.25) is 23.6 Å². The van der Waals surface area contributed by atoms with Crippen molar-refractivity contribution in [3.05, 3.63) is 87.4 Å². The van der Waals surface area contributed by atoms with Crippen LogP contribution in [-0.4, -0.2) is 89.1 Å². The highest BCUT2D eigenvalue weighted by atomic mass is 32.1. The minimum absolute atomic E-state index is 0.0492. The molecule has 0 saturated heterocycles. The van der Waals surface area contributed by atoms with Crippen molar-refractivity contribution >= 4 is 40.9 Å². The lowest BCUT2D eigenvalue weighted by Gasteiger charge is -2.29. The Bertz CT molecular complexity index is 1630. The lowest BCUT2D eigenvalue weighted by atomic mass is 10.0. The number of amides is 5. The van der Waals surface area contributed by atoms with Crippen molar-refractivity contribution in [1.29, 1.82) is 0 Å². The molecule has 4 atom stereocenters. The van der Waals surface area contributed by atoms with E-state index in [9.17, 15) is 24.0 Å². The number of thiazole rings is 1. The monoisotopic (exact) mass is 689 g/mol. The van der Waals surface area contributed by atoms with Crippen LogP contribution in [0.5, 0.6) is 0 Å². The summed E-state index contributed by atoms with van der Waals surface area (Å²) in [7, 11) is 1.66. The highest BCUT2D eigenvalue weighted by Crippen LogP contribution is 2.23. The normalized spacial score (nSPS) is 22.5. The number of carbonyl (C=O) groups is 5. The zero-order valence-electron chi connectivity index (χ0n) is 29.0. The zero-order valence-corrected chi connectivity index (χ0v) is 29.8. The number of hydrogen-bond donors (Lipinski definition) is 4. The number of nitrogens with zero attached hydrogens (tertiary/aromatic N) is 3. The first-order chi connectivity index (χ1) is 23.3. The molecule has 1 aliphatic heterocycles. The van der Waals surface area contributed by atoms with Gasteiger partial charge in [-0.05, 0) is 44.2 Å². The molecule has 0 saturated carbocycles. The summed E-state index contributed by atoms with van der Waals surface area (Å²) in [5, 5.41) is 13.4. The van der Waals surface area contributed by atoms with Crippen LogP contribution in [0.2, 0.25) is 0 Å². The molecule has 0 radical (unpaired) electrons. The van der Waals surface area contributed by atoms with Crippen molar-refractivity contribution in [3.8, 4) is 0 Å². The molecule has 0 spiro atoms. The Hall–Kier alpha value is -4.62. The van der Waals surface area contributed by atoms with Gasteiger partial charge in [0.25, 0.3) is 5.91 Å². The second-order valence-electron chi connectivity index (χ2n) is 13.0. The molecule has 1 aliphatic rings. The summed E-state index contributed by atoms with van der Waals surface area (Å²) in [5.74, 6) is -2.46. The van der Waals surface area contributed by atoms with Gasteiger partial charge in [-0.2, -0.15) is 0 Å². The quantitative estimate of drug-likeness (QED) is 0.322. The van der Waals surface area contributed by atoms with E-state index in [0.717, 1.165) is 16.7 Å². The van der Waals surface area contributed by atoms with E-state index in [1.54, 1.807) is 33.2 Å². The molecule has 4 N–H and O–H groups in total. The van der Waals surface area contributed by atoms with Crippen LogP contribution in [0.15, 0.2) is 60.0 Å². The molecule has 0 aliphatic carbocycles. The number of carbonyl (C=O) groups excluding carboxylic acids is 5. The maximum absolute atomic E-state index is 13.7. The van der Waals surface area contributed by atoms with Crippen molar-refractivity contribution < 1.29 is 24.0 Å². The predicted molar refractivity (Wildman–Crippen MR) is 189 cm³/mol. The molecule has 2 heterocycles. The van der Waals surface area contributed by atoms with Crippen LogP contribution >= 0.6 is 11.3 Å². The Morgan fingerprint density at radius 3 is 2.27 bits per heavy atom. The van der Waals surface area contributed by atoms with Gasteiger partial charge < -0.3 is 26.2 Å². The molecular weight excluding hydrogens is 643 g/mol. The molecule has 5 amide bonds. The van der Waals surface area contributed by atoms with E-state index in [4.69, 9.17) is 0 Å². The van der Waals surface area contributed by atoms with Crippen LogP contribution < -0.4 is 21.3 Å². The number of aryl methyl sites for hydroxylation is 1. The number of hydrogen-bond acceptors (Lipinski definition) is 8. The van der Waals surface area contributed by atoms with E-state index in [1.807, 2.05) is 60.4 Å². The first kappa shape index (κ1) is 37.2. The van der Waals surface area contributed by atoms with Crippen LogP contribution in [0.3, 0.4) is 0 Å². The molecule has 262 valence electrons. The fourth-order valence-electron chi connectivity index (χ4n) is 5.57. The summed E-state index contributed by atoms with van der Waals surface area (Å²) in [6, 6.07) is 14.4. The fraction of sp³-hybridized carbons (Fsp3) is 0.444. The topological polar surface area (TPSA) is 153 Å². The van der Waals surface area contributed by atoms with Gasteiger partial charge in [-0.1, -0.05) is 74.0 Å². The molecule has 3 aromatic rings. The highest BCUT2D eigenvalue weighted by Gasteiger charge is 2.31. The van der Waals surface area contributed by atoms with Gasteiger partial charge in [0, 0.05) is 32.1 Å². The smallest absolute Gasteiger partial charge is 0.271 e. The standard InChI is InChI=1S/C36H47N7O5S/c1-22(2)31-34(47)38-25(5)36(48)42(6)15-16-43(19-27-14-10-11-23(3)17-27)20-30(44)39-28(18-26-12-8-7-9-13-26)35-40-29(21-49-35)33(46)37-24(4)32(45)41-31/h7-14,17,21-22,24-25,28,31H,15-16,18-20H2,1-6H3,(H,37,46)(H,38,47)(H,39,44)(H,41,45)/t24-,25+,28-,31-/m0/s1. The number of rotatable bonds is 5. The minimum Gasteiger partial charge on any atom is -0.345 e. The molecule has 0 fully saturated rings. The summed E-state index contributed by atoms with van der Waals surface area (Å²) >= 11 is 1.25. The predicted octanol–water partition coefficient (Wildman–Crippen LogP) is 2.59. The third kappa shape index (κ3) is 10.7. The van der Waals surface area contributed by atoms with Gasteiger partial charge in [0.15, 0.2) is 0 Å². The third-order valence-corrected chi connectivity index (χ3v) is 9.33. The van der Waals surface area contributed by atoms with Gasteiger partial charge in [-0.3, -0.25) is 28.9 Å². The Morgan fingerprint density at radius 2 is 1.57 bits per heavy atom. The van der Waals surface area contributed by atoms with Gasteiger partial charge >= 0.3 is 0 Å². The number of nitrogens with one attached hydrogen (secondary N) is 4. The first-order valence-electron chi connectivity index (χ1n) is 16.5.